The van der Waals surface area contributed by atoms with Gasteiger partial charge in [0.1, 0.15) is 5.69 Å². The predicted octanol–water partition coefficient (Wildman–Crippen LogP) is -0.0653. The Morgan fingerprint density at radius 1 is 1.64 bits per heavy atom. The molecule has 0 aliphatic carbocycles. The fraction of sp³-hybridized carbons (Fsp3) is 0.600. The molecule has 2 rings (SSSR count). The number of hydrogen-bond acceptors (Lipinski definition) is 6. The van der Waals surface area contributed by atoms with Crippen molar-refractivity contribution in [1.29, 1.82) is 0 Å². The van der Waals surface area contributed by atoms with Crippen LogP contribution in [-0.2, 0) is 4.74 Å². The lowest BCUT2D eigenvalue weighted by Gasteiger charge is -2.47. The minimum Gasteiger partial charge on any atom is -0.394 e. The van der Waals surface area contributed by atoms with Gasteiger partial charge >= 0.3 is 0 Å². The zero-order valence-electron chi connectivity index (χ0n) is 13.3. The molecule has 1 fully saturated rings. The highest BCUT2D eigenvalue weighted by Gasteiger charge is 2.40. The minimum atomic E-state index is -0.478. The molecule has 122 valence electrons. The van der Waals surface area contributed by atoms with Crippen LogP contribution in [0, 0.1) is 0 Å². The lowest BCUT2D eigenvalue weighted by atomic mass is 9.96. The molecular weight excluding hydrogens is 284 g/mol. The summed E-state index contributed by atoms with van der Waals surface area (Å²) in [6.07, 6.45) is 1.59. The van der Waals surface area contributed by atoms with E-state index in [1.54, 1.807) is 25.4 Å². The van der Waals surface area contributed by atoms with E-state index in [0.717, 1.165) is 5.69 Å². The van der Waals surface area contributed by atoms with Crippen LogP contribution in [-0.4, -0.2) is 72.9 Å². The minimum absolute atomic E-state index is 0.00573. The quantitative estimate of drug-likeness (QED) is 0.706. The fourth-order valence-corrected chi connectivity index (χ4v) is 2.55. The summed E-state index contributed by atoms with van der Waals surface area (Å²) in [6.45, 7) is 3.70. The molecule has 1 aliphatic rings. The highest BCUT2D eigenvalue weighted by atomic mass is 16.5. The van der Waals surface area contributed by atoms with Crippen molar-refractivity contribution in [2.45, 2.75) is 18.5 Å². The van der Waals surface area contributed by atoms with Gasteiger partial charge in [0, 0.05) is 31.5 Å². The monoisotopic (exact) mass is 308 g/mol. The Morgan fingerprint density at radius 3 is 3.09 bits per heavy atom. The normalized spacial score (nSPS) is 25.7. The number of aromatic nitrogens is 1. The van der Waals surface area contributed by atoms with Gasteiger partial charge < -0.3 is 20.5 Å². The van der Waals surface area contributed by atoms with Gasteiger partial charge in [0.2, 0.25) is 0 Å². The van der Waals surface area contributed by atoms with Gasteiger partial charge in [-0.25, -0.2) is 0 Å². The topological polar surface area (TPSA) is 86.7 Å². The maximum Gasteiger partial charge on any atom is 0.269 e. The first-order valence-electron chi connectivity index (χ1n) is 7.36. The second kappa shape index (κ2) is 7.04. The molecule has 7 nitrogen and oxygen atoms in total. The van der Waals surface area contributed by atoms with Gasteiger partial charge in [0.15, 0.2) is 0 Å². The van der Waals surface area contributed by atoms with Crippen LogP contribution >= 0.6 is 0 Å². The van der Waals surface area contributed by atoms with Crippen molar-refractivity contribution in [1.82, 2.24) is 15.2 Å². The van der Waals surface area contributed by atoms with E-state index >= 15 is 0 Å². The lowest BCUT2D eigenvalue weighted by molar-refractivity contribution is -0.101. The van der Waals surface area contributed by atoms with Crippen molar-refractivity contribution in [3.05, 3.63) is 24.0 Å². The standard InChI is InChI=1S/C15H24N4O3/c1-11-7-22-10-15(9-20,19(11)3)8-18-12-4-5-17-13(6-12)14(21)16-2/h4-6,11,20H,7-10H2,1-3H3,(H,16,21)(H,17,18)/t11-,15+/m1/s1. The van der Waals surface area contributed by atoms with Gasteiger partial charge in [0.05, 0.1) is 25.4 Å². The number of carbonyl (C=O) groups excluding carboxylic acids is 1. The van der Waals surface area contributed by atoms with Crippen LogP contribution in [0.1, 0.15) is 17.4 Å². The molecule has 7 heteroatoms. The molecule has 22 heavy (non-hydrogen) atoms. The predicted molar refractivity (Wildman–Crippen MR) is 84.0 cm³/mol. The molecule has 0 bridgehead atoms. The zero-order chi connectivity index (χ0) is 16.2. The van der Waals surface area contributed by atoms with Gasteiger partial charge in [-0.2, -0.15) is 0 Å². The average molecular weight is 308 g/mol. The van der Waals surface area contributed by atoms with Gasteiger partial charge in [-0.3, -0.25) is 14.7 Å². The third-order valence-corrected chi connectivity index (χ3v) is 4.27. The first kappa shape index (κ1) is 16.7. The van der Waals surface area contributed by atoms with Crippen LogP contribution in [0.4, 0.5) is 5.69 Å². The van der Waals surface area contributed by atoms with E-state index in [0.29, 0.717) is 25.5 Å². The summed E-state index contributed by atoms with van der Waals surface area (Å²) in [7, 11) is 3.56. The van der Waals surface area contributed by atoms with Crippen LogP contribution in [0.5, 0.6) is 0 Å². The summed E-state index contributed by atoms with van der Waals surface area (Å²) in [6, 6.07) is 3.73. The molecule has 0 unspecified atom stereocenters. The number of amides is 1. The number of anilines is 1. The van der Waals surface area contributed by atoms with Crippen molar-refractivity contribution < 1.29 is 14.6 Å². The number of aliphatic hydroxyl groups excluding tert-OH is 1. The summed E-state index contributed by atoms with van der Waals surface area (Å²) >= 11 is 0. The maximum absolute atomic E-state index is 11.6. The van der Waals surface area contributed by atoms with Crippen molar-refractivity contribution >= 4 is 11.6 Å². The summed E-state index contributed by atoms with van der Waals surface area (Å²) < 4.78 is 5.61. The highest BCUT2D eigenvalue weighted by molar-refractivity contribution is 5.92. The number of nitrogens with zero attached hydrogens (tertiary/aromatic N) is 2. The second-order valence-electron chi connectivity index (χ2n) is 5.72. The van der Waals surface area contributed by atoms with Crippen LogP contribution in [0.25, 0.3) is 0 Å². The lowest BCUT2D eigenvalue weighted by Crippen LogP contribution is -2.64. The van der Waals surface area contributed by atoms with Crippen LogP contribution in [0.3, 0.4) is 0 Å². The Bertz CT molecular complexity index is 525. The molecule has 1 aromatic rings. The molecule has 1 amide bonds. The van der Waals surface area contributed by atoms with E-state index in [4.69, 9.17) is 4.74 Å². The molecule has 3 N–H and O–H groups in total. The summed E-state index contributed by atoms with van der Waals surface area (Å²) in [5.74, 6) is -0.229. The molecule has 0 spiro atoms. The number of hydrogen-bond donors (Lipinski definition) is 3. The van der Waals surface area contributed by atoms with Crippen molar-refractivity contribution in [2.24, 2.45) is 0 Å². The Hall–Kier alpha value is -1.70. The second-order valence-corrected chi connectivity index (χ2v) is 5.72. The van der Waals surface area contributed by atoms with Gasteiger partial charge in [-0.15, -0.1) is 0 Å². The molecule has 2 heterocycles. The Morgan fingerprint density at radius 2 is 2.41 bits per heavy atom. The van der Waals surface area contributed by atoms with E-state index in [2.05, 4.69) is 27.4 Å². The van der Waals surface area contributed by atoms with Gasteiger partial charge in [-0.05, 0) is 26.1 Å². The number of carbonyl (C=O) groups is 1. The van der Waals surface area contributed by atoms with E-state index in [-0.39, 0.29) is 18.6 Å². The first-order chi connectivity index (χ1) is 10.5. The third-order valence-electron chi connectivity index (χ3n) is 4.27. The van der Waals surface area contributed by atoms with E-state index in [1.807, 2.05) is 7.05 Å². The van der Waals surface area contributed by atoms with Crippen LogP contribution in [0.15, 0.2) is 18.3 Å². The average Bonchev–Trinajstić information content (AvgIpc) is 2.56. The smallest absolute Gasteiger partial charge is 0.269 e. The summed E-state index contributed by atoms with van der Waals surface area (Å²) in [5, 5.41) is 15.7. The molecule has 0 aromatic carbocycles. The Labute approximate surface area is 130 Å². The zero-order valence-corrected chi connectivity index (χ0v) is 13.3. The number of ether oxygens (including phenoxy) is 1. The van der Waals surface area contributed by atoms with Crippen molar-refractivity contribution in [3.63, 3.8) is 0 Å². The van der Waals surface area contributed by atoms with E-state index in [1.165, 1.54) is 0 Å². The Balaban J connectivity index is 2.09. The number of likely N-dealkylation sites (N-methyl/N-ethyl adjacent to an activating group) is 1. The molecule has 1 aliphatic heterocycles. The summed E-state index contributed by atoms with van der Waals surface area (Å²) in [4.78, 5) is 17.8. The molecule has 2 atom stereocenters. The van der Waals surface area contributed by atoms with Crippen molar-refractivity contribution in [2.75, 3.05) is 45.8 Å². The highest BCUT2D eigenvalue weighted by Crippen LogP contribution is 2.23. The fourth-order valence-electron chi connectivity index (χ4n) is 2.55. The van der Waals surface area contributed by atoms with E-state index in [9.17, 15) is 9.90 Å². The Kier molecular flexibility index (Phi) is 5.33. The van der Waals surface area contributed by atoms with Crippen LogP contribution < -0.4 is 10.6 Å². The number of rotatable bonds is 5. The first-order valence-corrected chi connectivity index (χ1v) is 7.36. The number of morpholine rings is 1. The van der Waals surface area contributed by atoms with Gasteiger partial charge in [-0.1, -0.05) is 0 Å². The molecule has 0 radical (unpaired) electrons. The van der Waals surface area contributed by atoms with Crippen LogP contribution in [0.2, 0.25) is 0 Å². The third kappa shape index (κ3) is 3.37. The largest absolute Gasteiger partial charge is 0.394 e. The molecule has 1 saturated heterocycles. The number of nitrogens with one attached hydrogen (secondary N) is 2. The molecule has 0 saturated carbocycles. The molecule has 1 aromatic heterocycles. The SMILES string of the molecule is CNC(=O)c1cc(NC[C@]2(CO)COC[C@@H](C)N2C)ccn1. The maximum atomic E-state index is 11.6. The number of pyridine rings is 1. The van der Waals surface area contributed by atoms with Gasteiger partial charge in [0.25, 0.3) is 5.91 Å². The van der Waals surface area contributed by atoms with E-state index < -0.39 is 5.54 Å². The summed E-state index contributed by atoms with van der Waals surface area (Å²) in [5.41, 5.74) is 0.661. The van der Waals surface area contributed by atoms with Crippen molar-refractivity contribution in [3.8, 4) is 0 Å². The number of aliphatic hydroxyl groups is 1. The molecular formula is C15H24N4O3.